The van der Waals surface area contributed by atoms with Crippen LogP contribution in [0.1, 0.15) is 55.9 Å². The zero-order valence-corrected chi connectivity index (χ0v) is 22.1. The number of alkyl carbamates (subject to hydrolysis) is 1. The number of ether oxygens (including phenoxy) is 1. The predicted octanol–water partition coefficient (Wildman–Crippen LogP) is 5.94. The van der Waals surface area contributed by atoms with Crippen LogP contribution in [0.3, 0.4) is 0 Å². The molecular formula is C30H33BN2O4. The van der Waals surface area contributed by atoms with Gasteiger partial charge in [0.25, 0.3) is 0 Å². The van der Waals surface area contributed by atoms with Crippen molar-refractivity contribution in [1.82, 2.24) is 10.3 Å². The number of hydrogen-bond acceptors (Lipinski definition) is 5. The van der Waals surface area contributed by atoms with Crippen LogP contribution in [0.5, 0.6) is 0 Å². The fourth-order valence-corrected chi connectivity index (χ4v) is 4.87. The van der Waals surface area contributed by atoms with Crippen molar-refractivity contribution in [3.05, 3.63) is 94.7 Å². The summed E-state index contributed by atoms with van der Waals surface area (Å²) in [5.41, 5.74) is 6.61. The monoisotopic (exact) mass is 496 g/mol. The maximum absolute atomic E-state index is 12.9. The fraction of sp³-hybridized carbons (Fsp3) is 0.333. The van der Waals surface area contributed by atoms with Gasteiger partial charge >= 0.3 is 13.2 Å². The predicted molar refractivity (Wildman–Crippen MR) is 146 cm³/mol. The molecule has 0 spiro atoms. The van der Waals surface area contributed by atoms with E-state index in [0.29, 0.717) is 0 Å². The van der Waals surface area contributed by atoms with Crippen LogP contribution in [-0.4, -0.2) is 42.5 Å². The van der Waals surface area contributed by atoms with E-state index in [0.717, 1.165) is 16.6 Å². The lowest BCUT2D eigenvalue weighted by Crippen LogP contribution is -2.41. The third-order valence-electron chi connectivity index (χ3n) is 7.74. The normalized spacial score (nSPS) is 17.9. The highest BCUT2D eigenvalue weighted by Gasteiger charge is 2.52. The molecule has 190 valence electrons. The smallest absolute Gasteiger partial charge is 0.449 e. The van der Waals surface area contributed by atoms with Crippen LogP contribution in [0.4, 0.5) is 4.79 Å². The Hall–Kier alpha value is -3.42. The average Bonchev–Trinajstić information content (AvgIpc) is 3.30. The first kappa shape index (κ1) is 25.2. The summed E-state index contributed by atoms with van der Waals surface area (Å²) in [4.78, 5) is 17.0. The second-order valence-corrected chi connectivity index (χ2v) is 10.7. The maximum atomic E-state index is 12.9. The molecule has 0 radical (unpaired) electrons. The lowest BCUT2D eigenvalue weighted by atomic mass is 9.76. The van der Waals surface area contributed by atoms with Crippen molar-refractivity contribution in [3.63, 3.8) is 0 Å². The molecule has 0 saturated carbocycles. The molecule has 1 aliphatic carbocycles. The van der Waals surface area contributed by atoms with E-state index in [1.807, 2.05) is 77.2 Å². The van der Waals surface area contributed by atoms with Crippen molar-refractivity contribution in [3.8, 4) is 11.1 Å². The summed E-state index contributed by atoms with van der Waals surface area (Å²) in [7, 11) is -0.591. The van der Waals surface area contributed by atoms with Crippen LogP contribution in [0.2, 0.25) is 0 Å². The van der Waals surface area contributed by atoms with Gasteiger partial charge < -0.3 is 19.4 Å². The van der Waals surface area contributed by atoms with Crippen LogP contribution < -0.4 is 5.32 Å². The number of benzene rings is 2. The van der Waals surface area contributed by atoms with Crippen molar-refractivity contribution in [2.45, 2.75) is 51.7 Å². The standard InChI is InChI=1S/C30H33BN2O4/c1-20-17-32-15-14-21(20)16-22(31-36-29(2,3)30(4,5)37-31)18-33-28(34)35-19-27-25-12-8-6-10-23(25)24-11-7-9-13-26(24)27/h6-17,27H,18-19H2,1-5H3,(H,33,34). The minimum Gasteiger partial charge on any atom is -0.449 e. The lowest BCUT2D eigenvalue weighted by molar-refractivity contribution is 0.00578. The van der Waals surface area contributed by atoms with Gasteiger partial charge in [0.1, 0.15) is 6.61 Å². The Labute approximate surface area is 219 Å². The molecule has 5 rings (SSSR count). The number of pyridine rings is 1. The van der Waals surface area contributed by atoms with Gasteiger partial charge in [-0.15, -0.1) is 0 Å². The molecule has 6 nitrogen and oxygen atoms in total. The van der Waals surface area contributed by atoms with E-state index in [1.165, 1.54) is 22.3 Å². The Kier molecular flexibility index (Phi) is 6.69. The lowest BCUT2D eigenvalue weighted by Gasteiger charge is -2.32. The second-order valence-electron chi connectivity index (χ2n) is 10.7. The molecule has 0 unspecified atom stereocenters. The summed E-state index contributed by atoms with van der Waals surface area (Å²) >= 11 is 0. The molecule has 0 atom stereocenters. The van der Waals surface area contributed by atoms with Crippen LogP contribution in [0, 0.1) is 6.92 Å². The Morgan fingerprint density at radius 3 is 2.19 bits per heavy atom. The summed E-state index contributed by atoms with van der Waals surface area (Å²) < 4.78 is 18.3. The molecule has 1 amide bonds. The molecule has 1 fully saturated rings. The van der Waals surface area contributed by atoms with Crippen molar-refractivity contribution in [2.24, 2.45) is 0 Å². The molecule has 2 aliphatic rings. The molecule has 7 heteroatoms. The largest absolute Gasteiger partial charge is 0.492 e. The van der Waals surface area contributed by atoms with Gasteiger partial charge in [-0.1, -0.05) is 54.6 Å². The molecule has 0 bridgehead atoms. The quantitative estimate of drug-likeness (QED) is 0.428. The van der Waals surface area contributed by atoms with Gasteiger partial charge in [0.15, 0.2) is 0 Å². The van der Waals surface area contributed by atoms with Crippen LogP contribution >= 0.6 is 0 Å². The Morgan fingerprint density at radius 1 is 1.00 bits per heavy atom. The Balaban J connectivity index is 1.30. The van der Waals surface area contributed by atoms with E-state index in [9.17, 15) is 4.79 Å². The van der Waals surface area contributed by atoms with Crippen LogP contribution in [-0.2, 0) is 14.0 Å². The summed E-state index contributed by atoms with van der Waals surface area (Å²) in [5.74, 6) is 0.00993. The number of nitrogens with one attached hydrogen (secondary N) is 1. The van der Waals surface area contributed by atoms with E-state index >= 15 is 0 Å². The summed E-state index contributed by atoms with van der Waals surface area (Å²) in [6.45, 7) is 10.6. The number of amides is 1. The fourth-order valence-electron chi connectivity index (χ4n) is 4.87. The minimum absolute atomic E-state index is 0.00993. The molecule has 37 heavy (non-hydrogen) atoms. The van der Waals surface area contributed by atoms with Gasteiger partial charge in [0.2, 0.25) is 0 Å². The van der Waals surface area contributed by atoms with Gasteiger partial charge in [-0.25, -0.2) is 4.79 Å². The number of carbonyl (C=O) groups is 1. The van der Waals surface area contributed by atoms with Gasteiger partial charge in [-0.2, -0.15) is 0 Å². The summed E-state index contributed by atoms with van der Waals surface area (Å²) in [6, 6.07) is 18.5. The molecule has 1 aliphatic heterocycles. The first-order valence-electron chi connectivity index (χ1n) is 12.7. The number of aromatic nitrogens is 1. The first-order valence-corrected chi connectivity index (χ1v) is 12.7. The topological polar surface area (TPSA) is 69.7 Å². The van der Waals surface area contributed by atoms with Gasteiger partial charge in [-0.05, 0) is 79.5 Å². The second kappa shape index (κ2) is 9.80. The number of carbonyl (C=O) groups excluding carboxylic acids is 1. The molecule has 1 aromatic heterocycles. The van der Waals surface area contributed by atoms with Crippen molar-refractivity contribution in [2.75, 3.05) is 13.2 Å². The molecule has 2 heterocycles. The van der Waals surface area contributed by atoms with Crippen molar-refractivity contribution < 1.29 is 18.8 Å². The number of fused-ring (bicyclic) bond motifs is 3. The molecule has 2 aromatic carbocycles. The van der Waals surface area contributed by atoms with E-state index in [4.69, 9.17) is 14.0 Å². The average molecular weight is 496 g/mol. The first-order chi connectivity index (χ1) is 17.7. The SMILES string of the molecule is Cc1cnccc1C=C(CNC(=O)OCC1c2ccccc2-c2ccccc21)B1OC(C)(C)C(C)(C)O1. The zero-order chi connectivity index (χ0) is 26.2. The highest BCUT2D eigenvalue weighted by molar-refractivity contribution is 6.56. The van der Waals surface area contributed by atoms with E-state index < -0.39 is 24.4 Å². The van der Waals surface area contributed by atoms with E-state index in [2.05, 4.69) is 34.6 Å². The van der Waals surface area contributed by atoms with Crippen LogP contribution in [0.15, 0.2) is 72.5 Å². The van der Waals surface area contributed by atoms with Crippen molar-refractivity contribution >= 4 is 19.3 Å². The van der Waals surface area contributed by atoms with Gasteiger partial charge in [0, 0.05) is 24.9 Å². The van der Waals surface area contributed by atoms with Crippen LogP contribution in [0.25, 0.3) is 17.2 Å². The zero-order valence-electron chi connectivity index (χ0n) is 22.1. The number of hydrogen-bond donors (Lipinski definition) is 1. The third-order valence-corrected chi connectivity index (χ3v) is 7.74. The van der Waals surface area contributed by atoms with E-state index in [-0.39, 0.29) is 19.1 Å². The number of rotatable bonds is 6. The number of nitrogens with zero attached hydrogens (tertiary/aromatic N) is 1. The van der Waals surface area contributed by atoms with E-state index in [1.54, 1.807) is 6.20 Å². The highest BCUT2D eigenvalue weighted by atomic mass is 16.7. The molecule has 1 N–H and O–H groups in total. The maximum Gasteiger partial charge on any atom is 0.492 e. The Morgan fingerprint density at radius 2 is 1.59 bits per heavy atom. The van der Waals surface area contributed by atoms with Gasteiger partial charge in [-0.3, -0.25) is 4.98 Å². The minimum atomic E-state index is -0.591. The molecular weight excluding hydrogens is 463 g/mol. The number of aryl methyl sites for hydroxylation is 1. The summed E-state index contributed by atoms with van der Waals surface area (Å²) in [6.07, 6.45) is 5.09. The molecule has 3 aromatic rings. The Bertz CT molecular complexity index is 1290. The molecule has 1 saturated heterocycles. The highest BCUT2D eigenvalue weighted by Crippen LogP contribution is 2.44. The summed E-state index contributed by atoms with van der Waals surface area (Å²) in [5, 5.41) is 2.92. The van der Waals surface area contributed by atoms with Crippen molar-refractivity contribution in [1.29, 1.82) is 0 Å². The third kappa shape index (κ3) is 4.94. The van der Waals surface area contributed by atoms with Gasteiger partial charge in [0.05, 0.1) is 11.2 Å².